The molecule has 0 fully saturated rings. The Labute approximate surface area is 152 Å². The zero-order valence-corrected chi connectivity index (χ0v) is 14.7. The van der Waals surface area contributed by atoms with E-state index in [1.165, 1.54) is 22.2 Å². The van der Waals surface area contributed by atoms with E-state index in [1.807, 2.05) is 36.6 Å². The number of aryl methyl sites for hydroxylation is 1. The third-order valence-corrected chi connectivity index (χ3v) is 4.59. The lowest BCUT2D eigenvalue weighted by atomic mass is 10.2. The van der Waals surface area contributed by atoms with Crippen LogP contribution in [0.1, 0.15) is 11.4 Å². The average Bonchev–Trinajstić information content (AvgIpc) is 3.09. The fourth-order valence-corrected chi connectivity index (χ4v) is 3.21. The number of hydrogen-bond acceptors (Lipinski definition) is 8. The first-order chi connectivity index (χ1) is 12.6. The molecule has 0 radical (unpaired) electrons. The predicted octanol–water partition coefficient (Wildman–Crippen LogP) is 2.33. The van der Waals surface area contributed by atoms with Gasteiger partial charge in [-0.1, -0.05) is 17.7 Å². The first-order valence-corrected chi connectivity index (χ1v) is 8.73. The first-order valence-electron chi connectivity index (χ1n) is 7.85. The fourth-order valence-electron chi connectivity index (χ4n) is 2.49. The van der Waals surface area contributed by atoms with Crippen LogP contribution in [0.15, 0.2) is 46.8 Å². The highest BCUT2D eigenvalue weighted by atomic mass is 32.1. The van der Waals surface area contributed by atoms with Gasteiger partial charge in [-0.15, -0.1) is 11.3 Å². The molecule has 0 atom stereocenters. The standard InChI is InChI=1S/C17H15N7OS/c1-10-2-4-11(5-3-10)20-17-22-13(21-16(18)23-17)8-24-9-19-14-12(15(24)25)6-7-26-14/h2-7,9H,8H2,1H3,(H3,18,20,21,22,23). The molecule has 4 aromatic rings. The van der Waals surface area contributed by atoms with Crippen molar-refractivity contribution in [2.45, 2.75) is 13.5 Å². The number of nitrogen functional groups attached to an aromatic ring is 1. The Morgan fingerprint density at radius 3 is 2.77 bits per heavy atom. The molecule has 3 heterocycles. The summed E-state index contributed by atoms with van der Waals surface area (Å²) < 4.78 is 1.46. The van der Waals surface area contributed by atoms with Crippen LogP contribution < -0.4 is 16.6 Å². The molecule has 1 aromatic carbocycles. The molecule has 4 rings (SSSR count). The van der Waals surface area contributed by atoms with Gasteiger partial charge < -0.3 is 11.1 Å². The van der Waals surface area contributed by atoms with Gasteiger partial charge in [0, 0.05) is 5.69 Å². The zero-order chi connectivity index (χ0) is 18.1. The van der Waals surface area contributed by atoms with Gasteiger partial charge in [-0.3, -0.25) is 9.36 Å². The predicted molar refractivity (Wildman–Crippen MR) is 102 cm³/mol. The highest BCUT2D eigenvalue weighted by Gasteiger charge is 2.09. The van der Waals surface area contributed by atoms with Crippen LogP contribution in [-0.4, -0.2) is 24.5 Å². The molecule has 0 saturated carbocycles. The Morgan fingerprint density at radius 2 is 1.96 bits per heavy atom. The number of nitrogens with two attached hydrogens (primary N) is 1. The summed E-state index contributed by atoms with van der Waals surface area (Å²) in [6, 6.07) is 9.57. The molecular weight excluding hydrogens is 350 g/mol. The van der Waals surface area contributed by atoms with E-state index in [9.17, 15) is 4.79 Å². The second-order valence-electron chi connectivity index (χ2n) is 5.74. The summed E-state index contributed by atoms with van der Waals surface area (Å²) in [7, 11) is 0. The zero-order valence-electron chi connectivity index (χ0n) is 13.9. The fraction of sp³-hybridized carbons (Fsp3) is 0.118. The summed E-state index contributed by atoms with van der Waals surface area (Å²) in [5.74, 6) is 0.793. The van der Waals surface area contributed by atoms with Crippen molar-refractivity contribution >= 4 is 39.1 Å². The van der Waals surface area contributed by atoms with Crippen molar-refractivity contribution in [3.05, 3.63) is 63.8 Å². The van der Waals surface area contributed by atoms with E-state index in [4.69, 9.17) is 5.73 Å². The SMILES string of the molecule is Cc1ccc(Nc2nc(N)nc(Cn3cnc4sccc4c3=O)n2)cc1. The van der Waals surface area contributed by atoms with Crippen molar-refractivity contribution < 1.29 is 0 Å². The van der Waals surface area contributed by atoms with E-state index in [0.717, 1.165) is 11.3 Å². The molecule has 0 bridgehead atoms. The third-order valence-electron chi connectivity index (χ3n) is 3.77. The Kier molecular flexibility index (Phi) is 4.05. The summed E-state index contributed by atoms with van der Waals surface area (Å²) in [5, 5.41) is 5.52. The van der Waals surface area contributed by atoms with Crippen molar-refractivity contribution in [2.75, 3.05) is 11.1 Å². The van der Waals surface area contributed by atoms with Crippen LogP contribution in [-0.2, 0) is 6.54 Å². The van der Waals surface area contributed by atoms with Gasteiger partial charge in [-0.2, -0.15) is 15.0 Å². The van der Waals surface area contributed by atoms with Gasteiger partial charge in [0.15, 0.2) is 5.82 Å². The summed E-state index contributed by atoms with van der Waals surface area (Å²) in [4.78, 5) is 30.1. The second kappa shape index (κ2) is 6.52. The number of nitrogens with one attached hydrogen (secondary N) is 1. The molecule has 3 aromatic heterocycles. The number of anilines is 3. The van der Waals surface area contributed by atoms with E-state index < -0.39 is 0 Å². The van der Waals surface area contributed by atoms with Crippen LogP contribution in [0.5, 0.6) is 0 Å². The smallest absolute Gasteiger partial charge is 0.262 e. The lowest BCUT2D eigenvalue weighted by molar-refractivity contribution is 0.704. The molecule has 0 saturated heterocycles. The number of benzene rings is 1. The van der Waals surface area contributed by atoms with Crippen molar-refractivity contribution in [3.8, 4) is 0 Å². The third kappa shape index (κ3) is 3.24. The maximum Gasteiger partial charge on any atom is 0.262 e. The Bertz CT molecular complexity index is 1130. The molecule has 3 N–H and O–H groups in total. The number of fused-ring (bicyclic) bond motifs is 1. The number of nitrogens with zero attached hydrogens (tertiary/aromatic N) is 5. The van der Waals surface area contributed by atoms with E-state index in [0.29, 0.717) is 22.0 Å². The first kappa shape index (κ1) is 16.2. The molecule has 0 unspecified atom stereocenters. The van der Waals surface area contributed by atoms with Crippen molar-refractivity contribution in [1.82, 2.24) is 24.5 Å². The van der Waals surface area contributed by atoms with Crippen molar-refractivity contribution in [1.29, 1.82) is 0 Å². The summed E-state index contributed by atoms with van der Waals surface area (Å²) in [5.41, 5.74) is 7.66. The minimum Gasteiger partial charge on any atom is -0.368 e. The van der Waals surface area contributed by atoms with Gasteiger partial charge in [0.25, 0.3) is 5.56 Å². The quantitative estimate of drug-likeness (QED) is 0.571. The molecule has 0 spiro atoms. The lowest BCUT2D eigenvalue weighted by Gasteiger charge is -2.09. The number of thiophene rings is 1. The normalized spacial score (nSPS) is 11.0. The van der Waals surface area contributed by atoms with Gasteiger partial charge in [0.05, 0.1) is 18.3 Å². The summed E-state index contributed by atoms with van der Waals surface area (Å²) in [6.07, 6.45) is 1.49. The van der Waals surface area contributed by atoms with Crippen LogP contribution in [0, 0.1) is 6.92 Å². The van der Waals surface area contributed by atoms with Crippen LogP contribution >= 0.6 is 11.3 Å². The molecule has 0 aliphatic heterocycles. The van der Waals surface area contributed by atoms with E-state index in [1.54, 1.807) is 6.07 Å². The average molecular weight is 365 g/mol. The Hall–Kier alpha value is -3.33. The Balaban J connectivity index is 1.64. The molecule has 0 aliphatic carbocycles. The van der Waals surface area contributed by atoms with Crippen LogP contribution in [0.2, 0.25) is 0 Å². The largest absolute Gasteiger partial charge is 0.368 e. The van der Waals surface area contributed by atoms with E-state index in [-0.39, 0.29) is 18.1 Å². The summed E-state index contributed by atoms with van der Waals surface area (Å²) in [6.45, 7) is 2.17. The highest BCUT2D eigenvalue weighted by molar-refractivity contribution is 7.16. The van der Waals surface area contributed by atoms with Crippen molar-refractivity contribution in [3.63, 3.8) is 0 Å². The number of hydrogen-bond donors (Lipinski definition) is 2. The minimum atomic E-state index is -0.136. The van der Waals surface area contributed by atoms with Gasteiger partial charge in [0.2, 0.25) is 11.9 Å². The van der Waals surface area contributed by atoms with Gasteiger partial charge in [0.1, 0.15) is 4.83 Å². The molecule has 9 heteroatoms. The Morgan fingerprint density at radius 1 is 1.15 bits per heavy atom. The van der Waals surface area contributed by atoms with Crippen molar-refractivity contribution in [2.24, 2.45) is 0 Å². The molecule has 0 amide bonds. The maximum atomic E-state index is 12.5. The molecular formula is C17H15N7OS. The lowest BCUT2D eigenvalue weighted by Crippen LogP contribution is -2.22. The minimum absolute atomic E-state index is 0.0854. The van der Waals surface area contributed by atoms with Crippen LogP contribution in [0.4, 0.5) is 17.6 Å². The van der Waals surface area contributed by atoms with E-state index in [2.05, 4.69) is 25.3 Å². The van der Waals surface area contributed by atoms with Gasteiger partial charge in [-0.05, 0) is 30.5 Å². The maximum absolute atomic E-state index is 12.5. The van der Waals surface area contributed by atoms with Gasteiger partial charge in [-0.25, -0.2) is 4.98 Å². The molecule has 130 valence electrons. The van der Waals surface area contributed by atoms with Crippen LogP contribution in [0.25, 0.3) is 10.2 Å². The van der Waals surface area contributed by atoms with Crippen LogP contribution in [0.3, 0.4) is 0 Å². The molecule has 0 aliphatic rings. The summed E-state index contributed by atoms with van der Waals surface area (Å²) >= 11 is 1.43. The second-order valence-corrected chi connectivity index (χ2v) is 6.64. The topological polar surface area (TPSA) is 112 Å². The number of aromatic nitrogens is 5. The monoisotopic (exact) mass is 365 g/mol. The molecule has 26 heavy (non-hydrogen) atoms. The molecule has 8 nitrogen and oxygen atoms in total. The number of rotatable bonds is 4. The highest BCUT2D eigenvalue weighted by Crippen LogP contribution is 2.15. The van der Waals surface area contributed by atoms with E-state index >= 15 is 0 Å². The van der Waals surface area contributed by atoms with Gasteiger partial charge >= 0.3 is 0 Å².